The molecule has 0 radical (unpaired) electrons. The van der Waals surface area contributed by atoms with Gasteiger partial charge in [0.05, 0.1) is 19.5 Å². The highest BCUT2D eigenvalue weighted by Gasteiger charge is 2.15. The number of amides is 1. The first kappa shape index (κ1) is 16.7. The van der Waals surface area contributed by atoms with E-state index in [4.69, 9.17) is 9.15 Å². The summed E-state index contributed by atoms with van der Waals surface area (Å²) in [7, 11) is 0. The van der Waals surface area contributed by atoms with Crippen LogP contribution in [0.5, 0.6) is 0 Å². The first-order valence-corrected chi connectivity index (χ1v) is 8.66. The Bertz CT molecular complexity index is 988. The SMILES string of the molecule is O=C(Cn1cnc2c(oc3ccccc32)c1=O)NCCN1CCOCC1. The monoisotopic (exact) mass is 356 g/mol. The van der Waals surface area contributed by atoms with E-state index in [9.17, 15) is 9.59 Å². The van der Waals surface area contributed by atoms with E-state index in [0.29, 0.717) is 17.6 Å². The van der Waals surface area contributed by atoms with Gasteiger partial charge in [0.15, 0.2) is 0 Å². The summed E-state index contributed by atoms with van der Waals surface area (Å²) in [6, 6.07) is 7.35. The first-order chi connectivity index (χ1) is 12.7. The Morgan fingerprint density at radius 2 is 2.04 bits per heavy atom. The minimum absolute atomic E-state index is 0.0814. The number of nitrogens with one attached hydrogen (secondary N) is 1. The van der Waals surface area contributed by atoms with Gasteiger partial charge < -0.3 is 14.5 Å². The van der Waals surface area contributed by atoms with Crippen LogP contribution in [0.1, 0.15) is 0 Å². The molecule has 8 nitrogen and oxygen atoms in total. The van der Waals surface area contributed by atoms with Crippen LogP contribution in [-0.4, -0.2) is 59.8 Å². The number of rotatable bonds is 5. The maximum atomic E-state index is 12.6. The maximum absolute atomic E-state index is 12.6. The second kappa shape index (κ2) is 7.27. The topological polar surface area (TPSA) is 89.6 Å². The van der Waals surface area contributed by atoms with Gasteiger partial charge in [-0.1, -0.05) is 12.1 Å². The Morgan fingerprint density at radius 3 is 2.88 bits per heavy atom. The number of morpholine rings is 1. The summed E-state index contributed by atoms with van der Waals surface area (Å²) in [6.07, 6.45) is 1.40. The van der Waals surface area contributed by atoms with E-state index in [1.165, 1.54) is 10.9 Å². The van der Waals surface area contributed by atoms with E-state index < -0.39 is 0 Å². The van der Waals surface area contributed by atoms with Gasteiger partial charge in [-0.05, 0) is 12.1 Å². The summed E-state index contributed by atoms with van der Waals surface area (Å²) in [5.74, 6) is -0.224. The van der Waals surface area contributed by atoms with Gasteiger partial charge in [0, 0.05) is 31.6 Å². The highest BCUT2D eigenvalue weighted by Crippen LogP contribution is 2.23. The number of ether oxygens (including phenoxy) is 1. The van der Waals surface area contributed by atoms with Crippen LogP contribution in [-0.2, 0) is 16.1 Å². The van der Waals surface area contributed by atoms with E-state index in [1.54, 1.807) is 6.07 Å². The number of carbonyl (C=O) groups is 1. The largest absolute Gasteiger partial charge is 0.448 e. The van der Waals surface area contributed by atoms with Crippen molar-refractivity contribution in [3.8, 4) is 0 Å². The summed E-state index contributed by atoms with van der Waals surface area (Å²) in [6.45, 7) is 4.43. The molecule has 0 bridgehead atoms. The van der Waals surface area contributed by atoms with E-state index in [-0.39, 0.29) is 23.6 Å². The molecule has 8 heteroatoms. The Balaban J connectivity index is 1.43. The number of para-hydroxylation sites is 1. The average molecular weight is 356 g/mol. The van der Waals surface area contributed by atoms with Crippen molar-refractivity contribution in [2.45, 2.75) is 6.54 Å². The molecule has 1 aliphatic rings. The van der Waals surface area contributed by atoms with Crippen molar-refractivity contribution in [2.24, 2.45) is 0 Å². The molecule has 2 aromatic heterocycles. The van der Waals surface area contributed by atoms with Gasteiger partial charge in [0.25, 0.3) is 5.56 Å². The predicted octanol–water partition coefficient (Wildman–Crippen LogP) is 0.591. The molecule has 0 spiro atoms. The number of benzene rings is 1. The molecule has 4 rings (SSSR count). The average Bonchev–Trinajstić information content (AvgIpc) is 3.04. The molecule has 0 unspecified atom stereocenters. The lowest BCUT2D eigenvalue weighted by atomic mass is 10.2. The lowest BCUT2D eigenvalue weighted by molar-refractivity contribution is -0.121. The molecule has 1 N–H and O–H groups in total. The fraction of sp³-hybridized carbons (Fsp3) is 0.389. The summed E-state index contributed by atoms with van der Waals surface area (Å²) in [4.78, 5) is 31.3. The van der Waals surface area contributed by atoms with E-state index in [1.807, 2.05) is 18.2 Å². The molecule has 0 saturated carbocycles. The van der Waals surface area contributed by atoms with Crippen molar-refractivity contribution in [1.82, 2.24) is 19.8 Å². The second-order valence-electron chi connectivity index (χ2n) is 6.26. The zero-order chi connectivity index (χ0) is 17.9. The van der Waals surface area contributed by atoms with Crippen molar-refractivity contribution in [3.05, 3.63) is 40.9 Å². The third-order valence-corrected chi connectivity index (χ3v) is 4.52. The second-order valence-corrected chi connectivity index (χ2v) is 6.26. The summed E-state index contributed by atoms with van der Waals surface area (Å²) in [5.41, 5.74) is 0.957. The summed E-state index contributed by atoms with van der Waals surface area (Å²) in [5, 5.41) is 3.63. The first-order valence-electron chi connectivity index (χ1n) is 8.66. The number of nitrogens with zero attached hydrogens (tertiary/aromatic N) is 3. The van der Waals surface area contributed by atoms with Crippen LogP contribution in [0, 0.1) is 0 Å². The lowest BCUT2D eigenvalue weighted by Gasteiger charge is -2.26. The smallest absolute Gasteiger partial charge is 0.297 e. The van der Waals surface area contributed by atoms with Crippen LogP contribution in [0.4, 0.5) is 0 Å². The Morgan fingerprint density at radius 1 is 1.23 bits per heavy atom. The number of carbonyl (C=O) groups excluding carboxylic acids is 1. The van der Waals surface area contributed by atoms with Crippen LogP contribution >= 0.6 is 0 Å². The molecule has 0 aliphatic carbocycles. The zero-order valence-corrected chi connectivity index (χ0v) is 14.3. The van der Waals surface area contributed by atoms with E-state index in [0.717, 1.165) is 38.2 Å². The third-order valence-electron chi connectivity index (χ3n) is 4.52. The highest BCUT2D eigenvalue weighted by atomic mass is 16.5. The standard InChI is InChI=1S/C18H20N4O4/c23-15(19-5-6-21-7-9-25-10-8-21)11-22-12-20-16-13-3-1-2-4-14(13)26-17(16)18(22)24/h1-4,12H,5-11H2,(H,19,23). The molecule has 1 aliphatic heterocycles. The molecular formula is C18H20N4O4. The quantitative estimate of drug-likeness (QED) is 0.720. The number of fused-ring (bicyclic) bond motifs is 3. The zero-order valence-electron chi connectivity index (χ0n) is 14.3. The normalized spacial score (nSPS) is 15.5. The van der Waals surface area contributed by atoms with Crippen molar-refractivity contribution in [3.63, 3.8) is 0 Å². The minimum Gasteiger partial charge on any atom is -0.448 e. The molecule has 3 aromatic rings. The fourth-order valence-electron chi connectivity index (χ4n) is 3.12. The third kappa shape index (κ3) is 3.33. The van der Waals surface area contributed by atoms with Gasteiger partial charge in [0.1, 0.15) is 17.6 Å². The van der Waals surface area contributed by atoms with Gasteiger partial charge in [-0.2, -0.15) is 0 Å². The lowest BCUT2D eigenvalue weighted by Crippen LogP contribution is -2.42. The summed E-state index contributed by atoms with van der Waals surface area (Å²) >= 11 is 0. The predicted molar refractivity (Wildman–Crippen MR) is 96.0 cm³/mol. The molecule has 1 fully saturated rings. The number of aromatic nitrogens is 2. The Labute approximate surface area is 149 Å². The van der Waals surface area contributed by atoms with Crippen LogP contribution in [0.25, 0.3) is 22.1 Å². The summed E-state index contributed by atoms with van der Waals surface area (Å²) < 4.78 is 12.2. The van der Waals surface area contributed by atoms with Gasteiger partial charge in [-0.3, -0.25) is 19.1 Å². The fourth-order valence-corrected chi connectivity index (χ4v) is 3.12. The molecular weight excluding hydrogens is 336 g/mol. The van der Waals surface area contributed by atoms with Crippen LogP contribution in [0.2, 0.25) is 0 Å². The van der Waals surface area contributed by atoms with Crippen molar-refractivity contribution in [1.29, 1.82) is 0 Å². The van der Waals surface area contributed by atoms with Crippen LogP contribution in [0.15, 0.2) is 39.8 Å². The molecule has 1 aromatic carbocycles. The molecule has 1 amide bonds. The van der Waals surface area contributed by atoms with Gasteiger partial charge in [0.2, 0.25) is 11.5 Å². The van der Waals surface area contributed by atoms with Gasteiger partial charge in [-0.15, -0.1) is 0 Å². The molecule has 26 heavy (non-hydrogen) atoms. The Kier molecular flexibility index (Phi) is 4.68. The Hall–Kier alpha value is -2.71. The maximum Gasteiger partial charge on any atom is 0.297 e. The van der Waals surface area contributed by atoms with E-state index >= 15 is 0 Å². The molecule has 0 atom stereocenters. The molecule has 3 heterocycles. The molecule has 136 valence electrons. The van der Waals surface area contributed by atoms with Crippen LogP contribution < -0.4 is 10.9 Å². The van der Waals surface area contributed by atoms with Crippen LogP contribution in [0.3, 0.4) is 0 Å². The number of furan rings is 1. The number of hydrogen-bond acceptors (Lipinski definition) is 6. The number of hydrogen-bond donors (Lipinski definition) is 1. The van der Waals surface area contributed by atoms with E-state index in [2.05, 4.69) is 15.2 Å². The highest BCUT2D eigenvalue weighted by molar-refractivity contribution is 6.01. The minimum atomic E-state index is -0.352. The van der Waals surface area contributed by atoms with Crippen molar-refractivity contribution in [2.75, 3.05) is 39.4 Å². The van der Waals surface area contributed by atoms with Gasteiger partial charge in [-0.25, -0.2) is 4.98 Å². The van der Waals surface area contributed by atoms with Crippen molar-refractivity contribution < 1.29 is 13.9 Å². The van der Waals surface area contributed by atoms with Gasteiger partial charge >= 0.3 is 0 Å². The van der Waals surface area contributed by atoms with Crippen molar-refractivity contribution >= 4 is 28.0 Å². The molecule has 1 saturated heterocycles.